The highest BCUT2D eigenvalue weighted by Gasteiger charge is 2.21. The highest BCUT2D eigenvalue weighted by Crippen LogP contribution is 2.34. The van der Waals surface area contributed by atoms with Crippen LogP contribution in [0.4, 0.5) is 5.69 Å². The molecule has 1 aromatic heterocycles. The number of carbonyl (C=O) groups is 1. The Kier molecular flexibility index (Phi) is 5.64. The van der Waals surface area contributed by atoms with Crippen molar-refractivity contribution in [2.24, 2.45) is 0 Å². The summed E-state index contributed by atoms with van der Waals surface area (Å²) in [6.07, 6.45) is 0. The van der Waals surface area contributed by atoms with Gasteiger partial charge in [0, 0.05) is 0 Å². The lowest BCUT2D eigenvalue weighted by Crippen LogP contribution is -2.10. The fourth-order valence-electron chi connectivity index (χ4n) is 1.51. The zero-order valence-corrected chi connectivity index (χ0v) is 14.4. The second-order valence-corrected chi connectivity index (χ2v) is 6.05. The molecular weight excluding hydrogens is 393 g/mol. The van der Waals surface area contributed by atoms with Crippen molar-refractivity contribution in [3.8, 4) is 0 Å². The van der Waals surface area contributed by atoms with Crippen molar-refractivity contribution in [2.45, 2.75) is 6.61 Å². The molecule has 22 heavy (non-hydrogen) atoms. The van der Waals surface area contributed by atoms with Gasteiger partial charge in [0.25, 0.3) is 0 Å². The second-order valence-electron chi connectivity index (χ2n) is 4.12. The Hall–Kier alpha value is -0.910. The molecule has 0 spiro atoms. The number of nitrogen functional groups attached to an aromatic ring is 1. The quantitative estimate of drug-likeness (QED) is 0.562. The van der Waals surface area contributed by atoms with Crippen LogP contribution in [0.5, 0.6) is 0 Å². The van der Waals surface area contributed by atoms with Crippen LogP contribution in [0.25, 0.3) is 0 Å². The van der Waals surface area contributed by atoms with Crippen molar-refractivity contribution in [3.05, 3.63) is 54.7 Å². The molecule has 0 fully saturated rings. The Morgan fingerprint density at radius 3 is 2.41 bits per heavy atom. The van der Waals surface area contributed by atoms with E-state index in [1.54, 1.807) is 18.2 Å². The molecule has 0 atom stereocenters. The summed E-state index contributed by atoms with van der Waals surface area (Å²) in [6, 6.07) is 4.84. The van der Waals surface area contributed by atoms with E-state index in [-0.39, 0.29) is 33.2 Å². The minimum Gasteiger partial charge on any atom is -0.456 e. The molecule has 0 aliphatic rings. The van der Waals surface area contributed by atoms with Crippen LogP contribution in [0.1, 0.15) is 16.1 Å². The Morgan fingerprint density at radius 1 is 1.09 bits per heavy atom. The Morgan fingerprint density at radius 2 is 1.77 bits per heavy atom. The lowest BCUT2D eigenvalue weighted by molar-refractivity contribution is 0.0466. The molecule has 0 aliphatic heterocycles. The third-order valence-corrected chi connectivity index (χ3v) is 4.49. The lowest BCUT2D eigenvalue weighted by Gasteiger charge is -2.09. The van der Waals surface area contributed by atoms with Crippen molar-refractivity contribution in [1.82, 2.24) is 4.98 Å². The molecule has 4 nitrogen and oxygen atoms in total. The number of hydrogen-bond donors (Lipinski definition) is 1. The number of anilines is 1. The van der Waals surface area contributed by atoms with E-state index in [0.29, 0.717) is 15.6 Å². The van der Waals surface area contributed by atoms with E-state index in [2.05, 4.69) is 4.98 Å². The van der Waals surface area contributed by atoms with Gasteiger partial charge >= 0.3 is 5.97 Å². The Labute approximate surface area is 151 Å². The number of benzene rings is 1. The normalized spacial score (nSPS) is 10.6. The molecule has 0 amide bonds. The van der Waals surface area contributed by atoms with Crippen LogP contribution < -0.4 is 5.73 Å². The van der Waals surface area contributed by atoms with E-state index in [4.69, 9.17) is 68.5 Å². The summed E-state index contributed by atoms with van der Waals surface area (Å²) in [5, 5.41) is 0.482. The maximum atomic E-state index is 12.0. The summed E-state index contributed by atoms with van der Waals surface area (Å²) in [5.74, 6) is -0.790. The number of esters is 1. The second kappa shape index (κ2) is 7.11. The minimum atomic E-state index is -0.790. The summed E-state index contributed by atoms with van der Waals surface area (Å²) in [7, 11) is 0. The molecule has 0 radical (unpaired) electrons. The summed E-state index contributed by atoms with van der Waals surface area (Å²) >= 11 is 29.2. The predicted molar refractivity (Wildman–Crippen MR) is 89.3 cm³/mol. The molecule has 0 saturated heterocycles. The van der Waals surface area contributed by atoms with E-state index in [1.165, 1.54) is 0 Å². The molecule has 1 heterocycles. The van der Waals surface area contributed by atoms with Gasteiger partial charge in [0.15, 0.2) is 10.8 Å². The molecule has 9 heteroatoms. The van der Waals surface area contributed by atoms with Crippen LogP contribution in [0, 0.1) is 0 Å². The molecule has 2 rings (SSSR count). The standard InChI is InChI=1S/C13H7Cl5N2O2/c14-6-2-1-5(3-7(6)15)4-22-13(21)11-8(16)10(19)9(17)12(18)20-11/h1-3H,4H2,(H2,19,20). The smallest absolute Gasteiger partial charge is 0.358 e. The number of pyridine rings is 1. The number of rotatable bonds is 3. The SMILES string of the molecule is Nc1c(Cl)c(Cl)nc(C(=O)OCc2ccc(Cl)c(Cl)c2)c1Cl. The number of carbonyl (C=O) groups excluding carboxylic acids is 1. The first-order valence-electron chi connectivity index (χ1n) is 5.72. The summed E-state index contributed by atoms with van der Waals surface area (Å²) in [5.41, 5.74) is 6.03. The number of ether oxygens (including phenoxy) is 1. The van der Waals surface area contributed by atoms with Crippen molar-refractivity contribution in [1.29, 1.82) is 0 Å². The molecule has 0 bridgehead atoms. The molecule has 0 unspecified atom stereocenters. The first-order valence-corrected chi connectivity index (χ1v) is 7.61. The van der Waals surface area contributed by atoms with Crippen molar-refractivity contribution >= 4 is 69.7 Å². The monoisotopic (exact) mass is 398 g/mol. The number of nitrogens with zero attached hydrogens (tertiary/aromatic N) is 1. The van der Waals surface area contributed by atoms with E-state index >= 15 is 0 Å². The van der Waals surface area contributed by atoms with Gasteiger partial charge in [-0.3, -0.25) is 0 Å². The molecular formula is C13H7Cl5N2O2. The molecule has 2 aromatic rings. The van der Waals surface area contributed by atoms with Crippen molar-refractivity contribution in [2.75, 3.05) is 5.73 Å². The van der Waals surface area contributed by atoms with E-state index < -0.39 is 5.97 Å². The third kappa shape index (κ3) is 3.70. The Balaban J connectivity index is 2.18. The molecule has 0 saturated carbocycles. The van der Waals surface area contributed by atoms with Crippen LogP contribution in [0.15, 0.2) is 18.2 Å². The van der Waals surface area contributed by atoms with Crippen LogP contribution in [-0.4, -0.2) is 11.0 Å². The van der Waals surface area contributed by atoms with Crippen LogP contribution in [0.2, 0.25) is 25.2 Å². The highest BCUT2D eigenvalue weighted by atomic mass is 35.5. The van der Waals surface area contributed by atoms with Crippen LogP contribution >= 0.6 is 58.0 Å². The lowest BCUT2D eigenvalue weighted by atomic mass is 10.2. The van der Waals surface area contributed by atoms with Crippen molar-refractivity contribution < 1.29 is 9.53 Å². The van der Waals surface area contributed by atoms with Gasteiger partial charge < -0.3 is 10.5 Å². The van der Waals surface area contributed by atoms with Gasteiger partial charge in [-0.2, -0.15) is 0 Å². The van der Waals surface area contributed by atoms with E-state index in [0.717, 1.165) is 0 Å². The van der Waals surface area contributed by atoms with Gasteiger partial charge in [0.1, 0.15) is 11.6 Å². The maximum Gasteiger partial charge on any atom is 0.358 e. The topological polar surface area (TPSA) is 65.2 Å². The summed E-state index contributed by atoms with van der Waals surface area (Å²) in [6.45, 7) is -0.0477. The zero-order valence-electron chi connectivity index (χ0n) is 10.7. The summed E-state index contributed by atoms with van der Waals surface area (Å²) in [4.78, 5) is 15.8. The average molecular weight is 400 g/mol. The van der Waals surface area contributed by atoms with Gasteiger partial charge in [0.05, 0.1) is 20.8 Å². The van der Waals surface area contributed by atoms with Crippen molar-refractivity contribution in [3.63, 3.8) is 0 Å². The fraction of sp³-hybridized carbons (Fsp3) is 0.0769. The minimum absolute atomic E-state index is 0.0206. The number of aromatic nitrogens is 1. The third-order valence-electron chi connectivity index (χ3n) is 2.62. The number of nitrogens with two attached hydrogens (primary N) is 1. The van der Waals surface area contributed by atoms with E-state index in [9.17, 15) is 4.79 Å². The van der Waals surface area contributed by atoms with Gasteiger partial charge in [0.2, 0.25) is 0 Å². The largest absolute Gasteiger partial charge is 0.456 e. The fourth-order valence-corrected chi connectivity index (χ4v) is 2.42. The van der Waals surface area contributed by atoms with Crippen LogP contribution in [-0.2, 0) is 11.3 Å². The highest BCUT2D eigenvalue weighted by molar-refractivity contribution is 6.46. The van der Waals surface area contributed by atoms with Gasteiger partial charge in [-0.25, -0.2) is 9.78 Å². The predicted octanol–water partition coefficient (Wildman–Crippen LogP) is 5.29. The number of halogens is 5. The zero-order chi connectivity index (χ0) is 16.4. The number of hydrogen-bond acceptors (Lipinski definition) is 4. The molecule has 2 N–H and O–H groups in total. The first kappa shape index (κ1) is 17.4. The van der Waals surface area contributed by atoms with E-state index in [1.807, 2.05) is 0 Å². The van der Waals surface area contributed by atoms with Crippen LogP contribution in [0.3, 0.4) is 0 Å². The first-order chi connectivity index (χ1) is 10.3. The average Bonchev–Trinajstić information content (AvgIpc) is 2.49. The molecule has 0 aliphatic carbocycles. The summed E-state index contributed by atoms with van der Waals surface area (Å²) < 4.78 is 5.09. The maximum absolute atomic E-state index is 12.0. The molecule has 1 aromatic carbocycles. The molecule has 116 valence electrons. The Bertz CT molecular complexity index is 752. The van der Waals surface area contributed by atoms with Gasteiger partial charge in [-0.15, -0.1) is 0 Å². The van der Waals surface area contributed by atoms with Gasteiger partial charge in [-0.1, -0.05) is 64.1 Å². The van der Waals surface area contributed by atoms with Gasteiger partial charge in [-0.05, 0) is 17.7 Å².